The molecule has 3 fully saturated rings. The van der Waals surface area contributed by atoms with Crippen molar-refractivity contribution in [1.29, 1.82) is 0 Å². The second-order valence-corrected chi connectivity index (χ2v) is 9.54. The number of hydrogen-bond donors (Lipinski definition) is 1. The summed E-state index contributed by atoms with van der Waals surface area (Å²) < 4.78 is 5.76. The van der Waals surface area contributed by atoms with Crippen LogP contribution in [0.2, 0.25) is 0 Å². The average molecular weight is 402 g/mol. The summed E-state index contributed by atoms with van der Waals surface area (Å²) in [6.07, 6.45) is 9.47. The number of guanidine groups is 1. The first-order valence-electron chi connectivity index (χ1n) is 11.8. The van der Waals surface area contributed by atoms with Crippen molar-refractivity contribution < 1.29 is 4.42 Å². The third-order valence-corrected chi connectivity index (χ3v) is 7.38. The number of oxazole rings is 1. The van der Waals surface area contributed by atoms with Crippen molar-refractivity contribution in [2.24, 2.45) is 16.3 Å². The number of nitrogens with zero attached hydrogens (tertiary/aromatic N) is 4. The summed E-state index contributed by atoms with van der Waals surface area (Å²) in [5.74, 6) is 3.66. The van der Waals surface area contributed by atoms with Crippen LogP contribution in [0.5, 0.6) is 0 Å². The predicted molar refractivity (Wildman–Crippen MR) is 117 cm³/mol. The molecule has 162 valence electrons. The van der Waals surface area contributed by atoms with Crippen LogP contribution in [0.3, 0.4) is 0 Å². The van der Waals surface area contributed by atoms with Crippen LogP contribution in [0.25, 0.3) is 0 Å². The molecule has 29 heavy (non-hydrogen) atoms. The molecule has 0 amide bonds. The highest BCUT2D eigenvalue weighted by molar-refractivity contribution is 5.80. The second kappa shape index (κ2) is 9.07. The minimum Gasteiger partial charge on any atom is -0.444 e. The van der Waals surface area contributed by atoms with Crippen LogP contribution in [0.1, 0.15) is 69.2 Å². The molecule has 1 spiro atoms. The van der Waals surface area contributed by atoms with Crippen LogP contribution < -0.4 is 5.32 Å². The van der Waals surface area contributed by atoms with E-state index in [1.807, 2.05) is 13.8 Å². The molecule has 2 aliphatic heterocycles. The Hall–Kier alpha value is -1.56. The highest BCUT2D eigenvalue weighted by Crippen LogP contribution is 2.45. The van der Waals surface area contributed by atoms with Gasteiger partial charge in [0.05, 0.1) is 12.2 Å². The van der Waals surface area contributed by atoms with Crippen molar-refractivity contribution in [2.45, 2.75) is 72.3 Å². The molecule has 0 aromatic carbocycles. The minimum absolute atomic E-state index is 0.595. The third kappa shape index (κ3) is 4.96. The van der Waals surface area contributed by atoms with Gasteiger partial charge in [-0.1, -0.05) is 12.8 Å². The maximum Gasteiger partial charge on any atom is 0.208 e. The Kier molecular flexibility index (Phi) is 6.47. The van der Waals surface area contributed by atoms with Gasteiger partial charge in [0.25, 0.3) is 0 Å². The molecular formula is C23H39N5O. The maximum atomic E-state index is 5.76. The number of nitrogens with one attached hydrogen (secondary N) is 1. The van der Waals surface area contributed by atoms with E-state index < -0.39 is 0 Å². The number of piperidine rings is 1. The van der Waals surface area contributed by atoms with Gasteiger partial charge in [0.2, 0.25) is 5.89 Å². The van der Waals surface area contributed by atoms with Gasteiger partial charge in [-0.2, -0.15) is 0 Å². The summed E-state index contributed by atoms with van der Waals surface area (Å²) in [5, 5.41) is 3.56. The van der Waals surface area contributed by atoms with E-state index in [-0.39, 0.29) is 0 Å². The smallest absolute Gasteiger partial charge is 0.208 e. The largest absolute Gasteiger partial charge is 0.444 e. The monoisotopic (exact) mass is 401 g/mol. The highest BCUT2D eigenvalue weighted by Gasteiger charge is 2.41. The highest BCUT2D eigenvalue weighted by atomic mass is 16.4. The van der Waals surface area contributed by atoms with Crippen molar-refractivity contribution in [2.75, 3.05) is 39.3 Å². The van der Waals surface area contributed by atoms with E-state index in [1.54, 1.807) is 0 Å². The Labute approximate surface area is 176 Å². The molecule has 1 aromatic heterocycles. The van der Waals surface area contributed by atoms with Crippen LogP contribution in [-0.2, 0) is 6.54 Å². The van der Waals surface area contributed by atoms with E-state index in [0.717, 1.165) is 56.0 Å². The summed E-state index contributed by atoms with van der Waals surface area (Å²) in [7, 11) is 0. The first-order chi connectivity index (χ1) is 14.1. The zero-order chi connectivity index (χ0) is 20.3. The summed E-state index contributed by atoms with van der Waals surface area (Å²) in [5.41, 5.74) is 1.61. The fourth-order valence-electron chi connectivity index (χ4n) is 5.42. The molecular weight excluding hydrogens is 362 g/mol. The Morgan fingerprint density at radius 2 is 1.93 bits per heavy atom. The molecule has 1 aromatic rings. The van der Waals surface area contributed by atoms with Crippen molar-refractivity contribution in [1.82, 2.24) is 20.1 Å². The lowest BCUT2D eigenvalue weighted by molar-refractivity contribution is 0.166. The summed E-state index contributed by atoms with van der Waals surface area (Å²) in [6, 6.07) is 0. The van der Waals surface area contributed by atoms with Crippen molar-refractivity contribution in [3.63, 3.8) is 0 Å². The van der Waals surface area contributed by atoms with Crippen LogP contribution >= 0.6 is 0 Å². The molecule has 0 atom stereocenters. The molecule has 2 saturated heterocycles. The normalized spacial score (nSPS) is 23.4. The minimum atomic E-state index is 0.595. The number of rotatable bonds is 5. The number of aromatic nitrogens is 1. The summed E-state index contributed by atoms with van der Waals surface area (Å²) in [6.45, 7) is 13.6. The molecule has 6 heteroatoms. The number of aliphatic imine (C=N–C) groups is 1. The Morgan fingerprint density at radius 3 is 2.59 bits per heavy atom. The molecule has 3 heterocycles. The quantitative estimate of drug-likeness (QED) is 0.602. The molecule has 0 bridgehead atoms. The molecule has 0 radical (unpaired) electrons. The van der Waals surface area contributed by atoms with Crippen LogP contribution in [0, 0.1) is 25.2 Å². The molecule has 6 nitrogen and oxygen atoms in total. The molecule has 0 unspecified atom stereocenters. The van der Waals surface area contributed by atoms with Gasteiger partial charge in [0.15, 0.2) is 5.96 Å². The van der Waals surface area contributed by atoms with Gasteiger partial charge in [-0.15, -0.1) is 0 Å². The zero-order valence-corrected chi connectivity index (χ0v) is 18.7. The lowest BCUT2D eigenvalue weighted by atomic mass is 9.86. The van der Waals surface area contributed by atoms with Gasteiger partial charge in [0.1, 0.15) is 5.76 Å². The average Bonchev–Trinajstić information content (AvgIpc) is 3.43. The molecule has 3 aliphatic rings. The number of likely N-dealkylation sites (tertiary alicyclic amines) is 2. The SMILES string of the molecule is CCNC(=NCC1CCN(Cc2nc(C)c(C)o2)CC1)N1CCC2(CCCC2)C1. The second-order valence-electron chi connectivity index (χ2n) is 9.54. The standard InChI is InChI=1S/C23H39N5O/c1-4-24-22(28-14-11-23(17-28)9-5-6-10-23)25-15-20-7-12-27(13-8-20)16-21-26-18(2)19(3)29-21/h20H,4-17H2,1-3H3,(H,24,25). The van der Waals surface area contributed by atoms with Gasteiger partial charge < -0.3 is 14.6 Å². The molecule has 1 saturated carbocycles. The molecule has 1 aliphatic carbocycles. The van der Waals surface area contributed by atoms with Crippen molar-refractivity contribution >= 4 is 5.96 Å². The van der Waals surface area contributed by atoms with Crippen LogP contribution in [0.4, 0.5) is 0 Å². The third-order valence-electron chi connectivity index (χ3n) is 7.38. The van der Waals surface area contributed by atoms with E-state index in [2.05, 4.69) is 27.0 Å². The lowest BCUT2D eigenvalue weighted by Crippen LogP contribution is -2.41. The lowest BCUT2D eigenvalue weighted by Gasteiger charge is -2.31. The summed E-state index contributed by atoms with van der Waals surface area (Å²) in [4.78, 5) is 14.6. The van der Waals surface area contributed by atoms with Gasteiger partial charge in [-0.05, 0) is 77.3 Å². The van der Waals surface area contributed by atoms with Crippen molar-refractivity contribution in [3.8, 4) is 0 Å². The number of aryl methyl sites for hydroxylation is 2. The van der Waals surface area contributed by atoms with E-state index in [1.165, 1.54) is 58.0 Å². The van der Waals surface area contributed by atoms with Gasteiger partial charge in [-0.25, -0.2) is 4.98 Å². The van der Waals surface area contributed by atoms with Crippen LogP contribution in [0.15, 0.2) is 9.41 Å². The molecule has 4 rings (SSSR count). The first-order valence-corrected chi connectivity index (χ1v) is 11.8. The van der Waals surface area contributed by atoms with E-state index in [0.29, 0.717) is 11.3 Å². The molecule has 1 N–H and O–H groups in total. The fourth-order valence-corrected chi connectivity index (χ4v) is 5.42. The van der Waals surface area contributed by atoms with E-state index in [9.17, 15) is 0 Å². The topological polar surface area (TPSA) is 56.9 Å². The van der Waals surface area contributed by atoms with E-state index in [4.69, 9.17) is 9.41 Å². The fraction of sp³-hybridized carbons (Fsp3) is 0.826. The van der Waals surface area contributed by atoms with Gasteiger partial charge in [0, 0.05) is 26.2 Å². The van der Waals surface area contributed by atoms with Gasteiger partial charge >= 0.3 is 0 Å². The Balaban J connectivity index is 1.26. The zero-order valence-electron chi connectivity index (χ0n) is 18.7. The predicted octanol–water partition coefficient (Wildman–Crippen LogP) is 3.74. The first kappa shape index (κ1) is 20.7. The Morgan fingerprint density at radius 1 is 1.17 bits per heavy atom. The van der Waals surface area contributed by atoms with E-state index >= 15 is 0 Å². The van der Waals surface area contributed by atoms with Crippen molar-refractivity contribution in [3.05, 3.63) is 17.3 Å². The summed E-state index contributed by atoms with van der Waals surface area (Å²) >= 11 is 0. The maximum absolute atomic E-state index is 5.76. The van der Waals surface area contributed by atoms with Crippen LogP contribution in [-0.4, -0.2) is 60.0 Å². The number of hydrogen-bond acceptors (Lipinski definition) is 4. The van der Waals surface area contributed by atoms with Gasteiger partial charge in [-0.3, -0.25) is 9.89 Å². The Bertz CT molecular complexity index is 679.